The zero-order valence-corrected chi connectivity index (χ0v) is 14.5. The lowest BCUT2D eigenvalue weighted by molar-refractivity contribution is -0.158. The van der Waals surface area contributed by atoms with Crippen molar-refractivity contribution >= 4 is 24.5 Å². The van der Waals surface area contributed by atoms with E-state index in [4.69, 9.17) is 13.7 Å². The molecule has 0 fully saturated rings. The van der Waals surface area contributed by atoms with Crippen molar-refractivity contribution in [3.8, 4) is 0 Å². The minimum atomic E-state index is -3.75. The van der Waals surface area contributed by atoms with E-state index in [-0.39, 0.29) is 13.2 Å². The lowest BCUT2D eigenvalue weighted by atomic mass is 9.96. The molecule has 2 atom stereocenters. The van der Waals surface area contributed by atoms with E-state index in [9.17, 15) is 17.8 Å². The number of hydrogen-bond acceptors (Lipinski definition) is 7. The molecule has 0 bridgehead atoms. The number of carbonyl (C=O) groups excluding carboxylic acids is 1. The van der Waals surface area contributed by atoms with Crippen LogP contribution in [0.4, 0.5) is 0 Å². The minimum Gasteiger partial charge on any atom is -0.466 e. The van der Waals surface area contributed by atoms with E-state index in [1.165, 1.54) is 0 Å². The topological polar surface area (TPSA) is 96.0 Å². The second-order valence-electron chi connectivity index (χ2n) is 4.43. The Labute approximate surface area is 127 Å². The van der Waals surface area contributed by atoms with Gasteiger partial charge in [-0.2, -0.15) is 8.42 Å². The first-order valence-electron chi connectivity index (χ1n) is 6.75. The standard InChI is InChI=1S/C12H23O7PS/c1-5-8-10(11(13)17-6-2)12(20-14,18-7-3)9-19-21(4,15)16/h10H,5-9H2,1-4H3. The molecule has 0 aromatic heterocycles. The van der Waals surface area contributed by atoms with Crippen LogP contribution < -0.4 is 0 Å². The molecule has 0 amide bonds. The maximum absolute atomic E-state index is 12.1. The highest BCUT2D eigenvalue weighted by atomic mass is 32.2. The highest BCUT2D eigenvalue weighted by Crippen LogP contribution is 2.38. The van der Waals surface area contributed by atoms with Crippen molar-refractivity contribution in [3.63, 3.8) is 0 Å². The van der Waals surface area contributed by atoms with E-state index in [0.29, 0.717) is 12.8 Å². The smallest absolute Gasteiger partial charge is 0.312 e. The average molecular weight is 342 g/mol. The monoisotopic (exact) mass is 342 g/mol. The first kappa shape index (κ1) is 20.4. The number of hydrogen-bond donors (Lipinski definition) is 0. The van der Waals surface area contributed by atoms with Gasteiger partial charge in [-0.15, -0.1) is 0 Å². The van der Waals surface area contributed by atoms with Gasteiger partial charge in [0.05, 0.1) is 18.8 Å². The van der Waals surface area contributed by atoms with Gasteiger partial charge in [0.2, 0.25) is 0 Å². The van der Waals surface area contributed by atoms with Gasteiger partial charge in [-0.1, -0.05) is 13.3 Å². The summed E-state index contributed by atoms with van der Waals surface area (Å²) in [6, 6.07) is 0. The molecule has 21 heavy (non-hydrogen) atoms. The summed E-state index contributed by atoms with van der Waals surface area (Å²) >= 11 is 0. The first-order valence-corrected chi connectivity index (χ1v) is 9.38. The van der Waals surface area contributed by atoms with Gasteiger partial charge in [-0.25, -0.2) is 0 Å². The van der Waals surface area contributed by atoms with Crippen LogP contribution in [0.15, 0.2) is 0 Å². The molecule has 0 N–H and O–H groups in total. The van der Waals surface area contributed by atoms with E-state index in [1.807, 2.05) is 6.92 Å². The van der Waals surface area contributed by atoms with Crippen molar-refractivity contribution in [2.75, 3.05) is 26.1 Å². The highest BCUT2D eigenvalue weighted by Gasteiger charge is 2.47. The predicted octanol–water partition coefficient (Wildman–Crippen LogP) is 1.97. The van der Waals surface area contributed by atoms with E-state index in [0.717, 1.165) is 6.26 Å². The number of esters is 1. The largest absolute Gasteiger partial charge is 0.466 e. The maximum atomic E-state index is 12.1. The van der Waals surface area contributed by atoms with E-state index in [2.05, 4.69) is 0 Å². The molecule has 0 spiro atoms. The SMILES string of the molecule is CCCC(C(=O)OCC)C(COS(C)(=O)=O)(OCC)P=O. The fraction of sp³-hybridized carbons (Fsp3) is 0.917. The summed E-state index contributed by atoms with van der Waals surface area (Å²) in [6.07, 6.45) is 1.85. The summed E-state index contributed by atoms with van der Waals surface area (Å²) in [5, 5.41) is -1.57. The molecule has 7 nitrogen and oxygen atoms in total. The fourth-order valence-electron chi connectivity index (χ4n) is 1.86. The van der Waals surface area contributed by atoms with Gasteiger partial charge in [0, 0.05) is 6.61 Å². The van der Waals surface area contributed by atoms with E-state index >= 15 is 0 Å². The fourth-order valence-corrected chi connectivity index (χ4v) is 3.00. The van der Waals surface area contributed by atoms with Gasteiger partial charge in [-0.05, 0) is 20.3 Å². The van der Waals surface area contributed by atoms with Gasteiger partial charge in [-0.3, -0.25) is 13.5 Å². The highest BCUT2D eigenvalue weighted by molar-refractivity contribution is 7.86. The maximum Gasteiger partial charge on any atom is 0.312 e. The van der Waals surface area contributed by atoms with Crippen LogP contribution in [0.3, 0.4) is 0 Å². The molecule has 0 aliphatic rings. The van der Waals surface area contributed by atoms with E-state index in [1.54, 1.807) is 13.8 Å². The molecule has 0 aliphatic heterocycles. The van der Waals surface area contributed by atoms with Crippen LogP contribution >= 0.6 is 8.46 Å². The summed E-state index contributed by atoms with van der Waals surface area (Å²) in [5.74, 6) is -1.45. The third-order valence-electron chi connectivity index (χ3n) is 2.72. The number of rotatable bonds is 11. The lowest BCUT2D eigenvalue weighted by Gasteiger charge is -2.32. The Kier molecular flexibility index (Phi) is 9.20. The third-order valence-corrected chi connectivity index (χ3v) is 4.15. The number of ether oxygens (including phenoxy) is 2. The van der Waals surface area contributed by atoms with Crippen LogP contribution in [-0.2, 0) is 33.1 Å². The molecule has 9 heteroatoms. The molecule has 0 aromatic rings. The van der Waals surface area contributed by atoms with Crippen LogP contribution in [0.2, 0.25) is 0 Å². The Morgan fingerprint density at radius 2 is 1.86 bits per heavy atom. The Balaban J connectivity index is 5.46. The van der Waals surface area contributed by atoms with Gasteiger partial charge >= 0.3 is 5.97 Å². The van der Waals surface area contributed by atoms with Crippen molar-refractivity contribution in [1.82, 2.24) is 0 Å². The average Bonchev–Trinajstić information content (AvgIpc) is 2.40. The van der Waals surface area contributed by atoms with Crippen LogP contribution in [-0.4, -0.2) is 45.8 Å². The molecule has 0 heterocycles. The Bertz CT molecular complexity index is 437. The molecule has 0 radical (unpaired) electrons. The summed E-state index contributed by atoms with van der Waals surface area (Å²) in [4.78, 5) is 12.1. The van der Waals surface area contributed by atoms with Crippen LogP contribution in [0.5, 0.6) is 0 Å². The van der Waals surface area contributed by atoms with Crippen molar-refractivity contribution in [2.24, 2.45) is 5.92 Å². The van der Waals surface area contributed by atoms with Crippen LogP contribution in [0.25, 0.3) is 0 Å². The van der Waals surface area contributed by atoms with Gasteiger partial charge < -0.3 is 9.47 Å². The quantitative estimate of drug-likeness (QED) is 0.322. The van der Waals surface area contributed by atoms with Crippen molar-refractivity contribution in [3.05, 3.63) is 0 Å². The van der Waals surface area contributed by atoms with Gasteiger partial charge in [0.25, 0.3) is 10.1 Å². The summed E-state index contributed by atoms with van der Waals surface area (Å²) < 4.78 is 49.1. The summed E-state index contributed by atoms with van der Waals surface area (Å²) in [7, 11) is -4.27. The van der Waals surface area contributed by atoms with Crippen molar-refractivity contribution < 1.29 is 31.4 Å². The molecule has 0 aromatic carbocycles. The third kappa shape index (κ3) is 6.82. The Morgan fingerprint density at radius 3 is 2.24 bits per heavy atom. The zero-order chi connectivity index (χ0) is 16.5. The van der Waals surface area contributed by atoms with E-state index < -0.39 is 42.4 Å². The minimum absolute atomic E-state index is 0.155. The normalized spacial score (nSPS) is 16.4. The Hall–Kier alpha value is -0.560. The lowest BCUT2D eigenvalue weighted by Crippen LogP contribution is -2.45. The van der Waals surface area contributed by atoms with Crippen LogP contribution in [0, 0.1) is 5.92 Å². The molecule has 2 unspecified atom stereocenters. The van der Waals surface area contributed by atoms with Crippen molar-refractivity contribution in [1.29, 1.82) is 0 Å². The first-order chi connectivity index (χ1) is 9.76. The second kappa shape index (κ2) is 9.46. The van der Waals surface area contributed by atoms with Crippen molar-refractivity contribution in [2.45, 2.75) is 39.0 Å². The molecular formula is C12H23O7PS. The summed E-state index contributed by atoms with van der Waals surface area (Å²) in [5.41, 5.74) is 0. The molecule has 0 aliphatic carbocycles. The molecule has 0 rings (SSSR count). The van der Waals surface area contributed by atoms with Gasteiger partial charge in [0.15, 0.2) is 13.8 Å². The molecule has 124 valence electrons. The molecule has 0 saturated heterocycles. The molecule has 0 saturated carbocycles. The molecular weight excluding hydrogens is 319 g/mol. The predicted molar refractivity (Wildman–Crippen MR) is 77.8 cm³/mol. The zero-order valence-electron chi connectivity index (χ0n) is 12.8. The van der Waals surface area contributed by atoms with Crippen LogP contribution in [0.1, 0.15) is 33.6 Å². The second-order valence-corrected chi connectivity index (χ2v) is 7.01. The van der Waals surface area contributed by atoms with Gasteiger partial charge in [0.1, 0.15) is 6.61 Å². The summed E-state index contributed by atoms with van der Waals surface area (Å²) in [6.45, 7) is 4.99. The number of carbonyl (C=O) groups is 1. The Morgan fingerprint density at radius 1 is 1.24 bits per heavy atom.